The van der Waals surface area contributed by atoms with E-state index >= 15 is 0 Å². The van der Waals surface area contributed by atoms with Crippen LogP contribution < -0.4 is 0 Å². The molecule has 1 unspecified atom stereocenters. The molecule has 0 saturated carbocycles. The molecule has 3 nitrogen and oxygen atoms in total. The Balaban J connectivity index is 2.15. The molecule has 1 aromatic carbocycles. The second kappa shape index (κ2) is 6.80. The number of aromatic amines is 1. The Bertz CT molecular complexity index is 591. The van der Waals surface area contributed by atoms with E-state index in [0.29, 0.717) is 5.56 Å². The fraction of sp³-hybridized carbons (Fsp3) is 0.438. The van der Waals surface area contributed by atoms with E-state index in [2.05, 4.69) is 11.9 Å². The highest BCUT2D eigenvalue weighted by molar-refractivity contribution is 6.20. The number of carbonyl (C=O) groups is 1. The molecule has 1 aromatic heterocycles. The summed E-state index contributed by atoms with van der Waals surface area (Å²) >= 11 is 6.12. The molecule has 0 bridgehead atoms. The number of aryl methyl sites for hydroxylation is 1. The van der Waals surface area contributed by atoms with Crippen molar-refractivity contribution in [3.05, 3.63) is 35.5 Å². The summed E-state index contributed by atoms with van der Waals surface area (Å²) < 4.78 is 4.81. The number of carbonyl (C=O) groups excluding carboxylic acids is 1. The molecule has 20 heavy (non-hydrogen) atoms. The number of nitrogens with one attached hydrogen (secondary N) is 1. The van der Waals surface area contributed by atoms with Crippen LogP contribution >= 0.6 is 11.6 Å². The summed E-state index contributed by atoms with van der Waals surface area (Å²) in [5.41, 5.74) is 2.72. The predicted molar refractivity (Wildman–Crippen MR) is 82.5 cm³/mol. The molecule has 0 aliphatic heterocycles. The van der Waals surface area contributed by atoms with Crippen molar-refractivity contribution in [2.75, 3.05) is 7.11 Å². The lowest BCUT2D eigenvalue weighted by Gasteiger charge is -2.04. The number of rotatable bonds is 6. The summed E-state index contributed by atoms with van der Waals surface area (Å²) in [4.78, 5) is 15.1. The highest BCUT2D eigenvalue weighted by Crippen LogP contribution is 2.22. The van der Waals surface area contributed by atoms with Crippen molar-refractivity contribution in [2.45, 2.75) is 38.0 Å². The Labute approximate surface area is 124 Å². The monoisotopic (exact) mass is 293 g/mol. The summed E-state index contributed by atoms with van der Waals surface area (Å²) in [6.45, 7) is 2.10. The van der Waals surface area contributed by atoms with Crippen LogP contribution in [0.15, 0.2) is 24.3 Å². The maximum Gasteiger partial charge on any atom is 0.338 e. The van der Waals surface area contributed by atoms with Crippen LogP contribution in [0.25, 0.3) is 10.9 Å². The Morgan fingerprint density at radius 1 is 1.45 bits per heavy atom. The van der Waals surface area contributed by atoms with Gasteiger partial charge in [0.05, 0.1) is 12.7 Å². The zero-order valence-corrected chi connectivity index (χ0v) is 12.7. The molecule has 0 aliphatic rings. The molecule has 2 rings (SSSR count). The molecule has 0 spiro atoms. The van der Waals surface area contributed by atoms with E-state index in [0.717, 1.165) is 42.3 Å². The lowest BCUT2D eigenvalue weighted by atomic mass is 10.1. The van der Waals surface area contributed by atoms with E-state index in [1.807, 2.05) is 18.2 Å². The molecule has 0 radical (unpaired) electrons. The zero-order chi connectivity index (χ0) is 14.5. The molecule has 0 fully saturated rings. The first kappa shape index (κ1) is 14.9. The largest absolute Gasteiger partial charge is 0.465 e. The molecule has 0 aliphatic carbocycles. The summed E-state index contributed by atoms with van der Waals surface area (Å²) in [6, 6.07) is 7.66. The molecule has 1 atom stereocenters. The number of hydrogen-bond donors (Lipinski definition) is 1. The van der Waals surface area contributed by atoms with Crippen LogP contribution in [0.5, 0.6) is 0 Å². The molecule has 108 valence electrons. The molecule has 0 amide bonds. The summed E-state index contributed by atoms with van der Waals surface area (Å²) in [5.74, 6) is -0.298. The van der Waals surface area contributed by atoms with Gasteiger partial charge in [-0.15, -0.1) is 11.6 Å². The highest BCUT2D eigenvalue weighted by atomic mass is 35.5. The third-order valence-electron chi connectivity index (χ3n) is 3.53. The molecule has 4 heteroatoms. The zero-order valence-electron chi connectivity index (χ0n) is 11.9. The van der Waals surface area contributed by atoms with E-state index < -0.39 is 0 Å². The average Bonchev–Trinajstić information content (AvgIpc) is 2.88. The van der Waals surface area contributed by atoms with E-state index in [4.69, 9.17) is 16.3 Å². The van der Waals surface area contributed by atoms with E-state index in [-0.39, 0.29) is 11.3 Å². The fourth-order valence-electron chi connectivity index (χ4n) is 2.35. The van der Waals surface area contributed by atoms with Gasteiger partial charge in [-0.05, 0) is 43.9 Å². The maximum absolute atomic E-state index is 11.7. The van der Waals surface area contributed by atoms with Gasteiger partial charge >= 0.3 is 5.97 Å². The number of aromatic nitrogens is 1. The molecule has 0 saturated heterocycles. The minimum absolute atomic E-state index is 0.255. The third-order valence-corrected chi connectivity index (χ3v) is 4.06. The number of methoxy groups -OCH3 is 1. The molecule has 1 heterocycles. The number of benzene rings is 1. The number of hydrogen-bond acceptors (Lipinski definition) is 2. The van der Waals surface area contributed by atoms with E-state index in [1.165, 1.54) is 7.11 Å². The first-order chi connectivity index (χ1) is 9.65. The van der Waals surface area contributed by atoms with Gasteiger partial charge in [-0.25, -0.2) is 4.79 Å². The summed E-state index contributed by atoms with van der Waals surface area (Å²) in [7, 11) is 1.40. The van der Waals surface area contributed by atoms with Crippen LogP contribution in [0.2, 0.25) is 0 Å². The standard InChI is InChI=1S/C16H20ClNO2/c1-3-11(17)6-4-7-12-10-14-13(16(19)20-2)8-5-9-15(14)18-12/h5,8-11,18H,3-4,6-7H2,1-2H3. The predicted octanol–water partition coefficient (Wildman–Crippen LogP) is 4.29. The van der Waals surface area contributed by atoms with Crippen LogP contribution in [0, 0.1) is 0 Å². The third kappa shape index (κ3) is 3.34. The van der Waals surface area contributed by atoms with Gasteiger partial charge in [0.2, 0.25) is 0 Å². The first-order valence-corrected chi connectivity index (χ1v) is 7.42. The first-order valence-electron chi connectivity index (χ1n) is 6.98. The van der Waals surface area contributed by atoms with Crippen molar-refractivity contribution >= 4 is 28.5 Å². The molecule has 1 N–H and O–H groups in total. The van der Waals surface area contributed by atoms with Crippen molar-refractivity contribution in [1.82, 2.24) is 4.98 Å². The number of H-pyrrole nitrogens is 1. The van der Waals surface area contributed by atoms with Gasteiger partial charge in [0.25, 0.3) is 0 Å². The Morgan fingerprint density at radius 3 is 2.95 bits per heavy atom. The number of fused-ring (bicyclic) bond motifs is 1. The van der Waals surface area contributed by atoms with Gasteiger partial charge in [-0.1, -0.05) is 13.0 Å². The van der Waals surface area contributed by atoms with Crippen molar-refractivity contribution in [3.63, 3.8) is 0 Å². The maximum atomic E-state index is 11.7. The van der Waals surface area contributed by atoms with Gasteiger partial charge in [-0.3, -0.25) is 0 Å². The van der Waals surface area contributed by atoms with Crippen molar-refractivity contribution in [2.24, 2.45) is 0 Å². The van der Waals surface area contributed by atoms with Gasteiger partial charge in [0.15, 0.2) is 0 Å². The highest BCUT2D eigenvalue weighted by Gasteiger charge is 2.12. The van der Waals surface area contributed by atoms with Crippen molar-refractivity contribution < 1.29 is 9.53 Å². The van der Waals surface area contributed by atoms with Gasteiger partial charge < -0.3 is 9.72 Å². The lowest BCUT2D eigenvalue weighted by Crippen LogP contribution is -2.00. The second-order valence-corrected chi connectivity index (χ2v) is 5.57. The van der Waals surface area contributed by atoms with E-state index in [1.54, 1.807) is 6.07 Å². The lowest BCUT2D eigenvalue weighted by molar-refractivity contribution is 0.0603. The molecule has 2 aromatic rings. The number of alkyl halides is 1. The summed E-state index contributed by atoms with van der Waals surface area (Å²) in [6.07, 6.45) is 4.00. The van der Waals surface area contributed by atoms with Gasteiger partial charge in [0.1, 0.15) is 0 Å². The Morgan fingerprint density at radius 2 is 2.25 bits per heavy atom. The van der Waals surface area contributed by atoms with Crippen molar-refractivity contribution in [1.29, 1.82) is 0 Å². The minimum atomic E-state index is -0.298. The second-order valence-electron chi connectivity index (χ2n) is 4.95. The van der Waals surface area contributed by atoms with Crippen molar-refractivity contribution in [3.8, 4) is 0 Å². The molecular weight excluding hydrogens is 274 g/mol. The van der Waals surface area contributed by atoms with Crippen LogP contribution in [-0.2, 0) is 11.2 Å². The Hall–Kier alpha value is -1.48. The van der Waals surface area contributed by atoms with Crippen LogP contribution in [0.3, 0.4) is 0 Å². The smallest absolute Gasteiger partial charge is 0.338 e. The summed E-state index contributed by atoms with van der Waals surface area (Å²) in [5, 5.41) is 1.18. The topological polar surface area (TPSA) is 42.1 Å². The normalized spacial score (nSPS) is 12.6. The SMILES string of the molecule is CCC(Cl)CCCc1cc2c(C(=O)OC)cccc2[nH]1. The number of ether oxygens (including phenoxy) is 1. The number of halogens is 1. The number of esters is 1. The van der Waals surface area contributed by atoms with Crippen LogP contribution in [0.4, 0.5) is 0 Å². The quantitative estimate of drug-likeness (QED) is 0.637. The van der Waals surface area contributed by atoms with Crippen LogP contribution in [0.1, 0.15) is 42.2 Å². The van der Waals surface area contributed by atoms with Gasteiger partial charge in [0, 0.05) is 22.0 Å². The molecular formula is C16H20ClNO2. The van der Waals surface area contributed by atoms with E-state index in [9.17, 15) is 4.79 Å². The Kier molecular flexibility index (Phi) is 5.07. The van der Waals surface area contributed by atoms with Crippen LogP contribution in [-0.4, -0.2) is 23.4 Å². The fourth-order valence-corrected chi connectivity index (χ4v) is 2.51. The van der Waals surface area contributed by atoms with Gasteiger partial charge in [-0.2, -0.15) is 0 Å². The average molecular weight is 294 g/mol. The minimum Gasteiger partial charge on any atom is -0.465 e.